The zero-order chi connectivity index (χ0) is 20.6. The summed E-state index contributed by atoms with van der Waals surface area (Å²) >= 11 is 0. The molecule has 0 spiro atoms. The van der Waals surface area contributed by atoms with E-state index in [0.717, 1.165) is 17.6 Å². The monoisotopic (exact) mass is 378 g/mol. The SMILES string of the molecule is C/C=C(/C)C(=O)OC/C1=C\[C@H](O)[C@H](C(C)C)[C@@H](OC(C)=O)C/C(C)=C/CC1. The lowest BCUT2D eigenvalue weighted by Gasteiger charge is -2.33. The Bertz CT molecular complexity index is 612. The summed E-state index contributed by atoms with van der Waals surface area (Å²) in [5, 5.41) is 10.9. The van der Waals surface area contributed by atoms with Crippen molar-refractivity contribution >= 4 is 11.9 Å². The number of rotatable bonds is 5. The molecule has 0 aromatic rings. The highest BCUT2D eigenvalue weighted by Crippen LogP contribution is 2.30. The van der Waals surface area contributed by atoms with Gasteiger partial charge in [-0.25, -0.2) is 4.79 Å². The van der Waals surface area contributed by atoms with Crippen molar-refractivity contribution in [1.82, 2.24) is 0 Å². The van der Waals surface area contributed by atoms with Crippen LogP contribution in [0.2, 0.25) is 0 Å². The molecule has 27 heavy (non-hydrogen) atoms. The quantitative estimate of drug-likeness (QED) is 0.443. The van der Waals surface area contributed by atoms with Gasteiger partial charge in [0.15, 0.2) is 0 Å². The maximum absolute atomic E-state index is 11.9. The second-order valence-electron chi connectivity index (χ2n) is 7.63. The summed E-state index contributed by atoms with van der Waals surface area (Å²) < 4.78 is 10.9. The van der Waals surface area contributed by atoms with Crippen molar-refractivity contribution in [2.24, 2.45) is 11.8 Å². The first-order valence-corrected chi connectivity index (χ1v) is 9.66. The summed E-state index contributed by atoms with van der Waals surface area (Å²) in [7, 11) is 0. The number of hydrogen-bond acceptors (Lipinski definition) is 5. The van der Waals surface area contributed by atoms with E-state index in [4.69, 9.17) is 9.47 Å². The van der Waals surface area contributed by atoms with Gasteiger partial charge in [-0.3, -0.25) is 4.79 Å². The fourth-order valence-corrected chi connectivity index (χ4v) is 3.36. The van der Waals surface area contributed by atoms with Crippen molar-refractivity contribution in [1.29, 1.82) is 0 Å². The predicted molar refractivity (Wildman–Crippen MR) is 106 cm³/mol. The van der Waals surface area contributed by atoms with Crippen molar-refractivity contribution < 1.29 is 24.2 Å². The highest BCUT2D eigenvalue weighted by atomic mass is 16.5. The van der Waals surface area contributed by atoms with Gasteiger partial charge in [0, 0.05) is 24.8 Å². The minimum Gasteiger partial charge on any atom is -0.462 e. The largest absolute Gasteiger partial charge is 0.462 e. The zero-order valence-electron chi connectivity index (χ0n) is 17.5. The first-order chi connectivity index (χ1) is 12.6. The fourth-order valence-electron chi connectivity index (χ4n) is 3.36. The van der Waals surface area contributed by atoms with E-state index in [0.29, 0.717) is 18.4 Å². The molecule has 5 nitrogen and oxygen atoms in total. The number of carbonyl (C=O) groups excluding carboxylic acids is 2. The third-order valence-electron chi connectivity index (χ3n) is 4.94. The van der Waals surface area contributed by atoms with E-state index in [1.54, 1.807) is 26.0 Å². The molecule has 0 aliphatic heterocycles. The van der Waals surface area contributed by atoms with Crippen LogP contribution in [0.4, 0.5) is 0 Å². The molecule has 3 atom stereocenters. The van der Waals surface area contributed by atoms with Crippen LogP contribution in [0.1, 0.15) is 60.8 Å². The molecule has 0 aromatic heterocycles. The van der Waals surface area contributed by atoms with E-state index >= 15 is 0 Å². The number of ether oxygens (including phenoxy) is 2. The summed E-state index contributed by atoms with van der Waals surface area (Å²) in [5.41, 5.74) is 2.56. The molecule has 0 radical (unpaired) electrons. The van der Waals surface area contributed by atoms with Gasteiger partial charge in [-0.15, -0.1) is 0 Å². The first kappa shape index (κ1) is 23.2. The Morgan fingerprint density at radius 3 is 2.56 bits per heavy atom. The predicted octanol–water partition coefficient (Wildman–Crippen LogP) is 4.12. The minimum absolute atomic E-state index is 0.113. The number of aliphatic hydroxyl groups excluding tert-OH is 1. The van der Waals surface area contributed by atoms with Crippen molar-refractivity contribution in [2.75, 3.05) is 6.61 Å². The van der Waals surface area contributed by atoms with Crippen LogP contribution in [0.15, 0.2) is 34.9 Å². The number of hydrogen-bond donors (Lipinski definition) is 1. The molecule has 1 aliphatic rings. The number of allylic oxidation sites excluding steroid dienone is 2. The van der Waals surface area contributed by atoms with E-state index in [-0.39, 0.29) is 30.4 Å². The lowest BCUT2D eigenvalue weighted by molar-refractivity contribution is -0.152. The standard InChI is InChI=1S/C22H34O5/c1-7-16(5)22(25)26-13-18-10-8-9-15(4)11-20(27-17(6)23)21(14(2)3)19(24)12-18/h7,9,12,14,19-21,24H,8,10-11,13H2,1-6H3/b15-9+,16-7-,18-12-/t19-,20-,21-/m0/s1. The van der Waals surface area contributed by atoms with E-state index in [1.807, 2.05) is 20.8 Å². The van der Waals surface area contributed by atoms with E-state index in [1.165, 1.54) is 6.92 Å². The molecule has 0 fully saturated rings. The summed E-state index contributed by atoms with van der Waals surface area (Å²) in [6.45, 7) is 11.1. The Balaban J connectivity index is 3.09. The second kappa shape index (κ2) is 11.1. The Hall–Kier alpha value is -1.88. The van der Waals surface area contributed by atoms with E-state index < -0.39 is 12.2 Å². The topological polar surface area (TPSA) is 72.8 Å². The van der Waals surface area contributed by atoms with Gasteiger partial charge in [0.1, 0.15) is 12.7 Å². The first-order valence-electron chi connectivity index (χ1n) is 9.66. The van der Waals surface area contributed by atoms with Crippen molar-refractivity contribution in [3.05, 3.63) is 34.9 Å². The highest BCUT2D eigenvalue weighted by molar-refractivity contribution is 5.87. The van der Waals surface area contributed by atoms with Crippen LogP contribution in [0.5, 0.6) is 0 Å². The normalized spacial score (nSPS) is 28.6. The Morgan fingerprint density at radius 2 is 2.00 bits per heavy atom. The lowest BCUT2D eigenvalue weighted by atomic mass is 9.81. The van der Waals surface area contributed by atoms with Gasteiger partial charge in [0.05, 0.1) is 6.10 Å². The summed E-state index contributed by atoms with van der Waals surface area (Å²) in [6, 6.07) is 0. The molecule has 0 saturated carbocycles. The maximum atomic E-state index is 11.9. The molecule has 0 amide bonds. The van der Waals surface area contributed by atoms with Crippen LogP contribution in [0.25, 0.3) is 0 Å². The average Bonchev–Trinajstić information content (AvgIpc) is 2.56. The molecule has 0 saturated heterocycles. The average molecular weight is 379 g/mol. The van der Waals surface area contributed by atoms with E-state index in [2.05, 4.69) is 6.08 Å². The molecule has 0 heterocycles. The van der Waals surface area contributed by atoms with Crippen LogP contribution in [-0.4, -0.2) is 35.9 Å². The van der Waals surface area contributed by atoms with Gasteiger partial charge in [0.2, 0.25) is 0 Å². The van der Waals surface area contributed by atoms with Crippen molar-refractivity contribution in [3.8, 4) is 0 Å². The molecule has 0 bridgehead atoms. The third kappa shape index (κ3) is 7.71. The van der Waals surface area contributed by atoms with Crippen molar-refractivity contribution in [3.63, 3.8) is 0 Å². The molecule has 0 aromatic carbocycles. The van der Waals surface area contributed by atoms with Gasteiger partial charge in [0.25, 0.3) is 0 Å². The Labute approximate surface area is 163 Å². The summed E-state index contributed by atoms with van der Waals surface area (Å²) in [6.07, 6.45) is 6.53. The van der Waals surface area contributed by atoms with Crippen LogP contribution in [0.3, 0.4) is 0 Å². The van der Waals surface area contributed by atoms with Gasteiger partial charge in [-0.1, -0.05) is 37.6 Å². The Kier molecular flexibility index (Phi) is 9.50. The van der Waals surface area contributed by atoms with Crippen LogP contribution in [0, 0.1) is 11.8 Å². The van der Waals surface area contributed by atoms with Crippen LogP contribution in [-0.2, 0) is 19.1 Å². The Morgan fingerprint density at radius 1 is 1.33 bits per heavy atom. The number of esters is 2. The molecule has 152 valence electrons. The van der Waals surface area contributed by atoms with Gasteiger partial charge >= 0.3 is 11.9 Å². The molecule has 1 rings (SSSR count). The number of aliphatic hydroxyl groups is 1. The molecule has 5 heteroatoms. The molecule has 1 aliphatic carbocycles. The smallest absolute Gasteiger partial charge is 0.333 e. The third-order valence-corrected chi connectivity index (χ3v) is 4.94. The summed E-state index contributed by atoms with van der Waals surface area (Å²) in [5.74, 6) is -0.821. The molecular formula is C22H34O5. The second-order valence-corrected chi connectivity index (χ2v) is 7.63. The molecule has 0 unspecified atom stereocenters. The highest BCUT2D eigenvalue weighted by Gasteiger charge is 2.33. The van der Waals surface area contributed by atoms with Gasteiger partial charge < -0.3 is 14.6 Å². The maximum Gasteiger partial charge on any atom is 0.333 e. The molecule has 1 N–H and O–H groups in total. The lowest BCUT2D eigenvalue weighted by Crippen LogP contribution is -2.38. The zero-order valence-corrected chi connectivity index (χ0v) is 17.5. The molecular weight excluding hydrogens is 344 g/mol. The van der Waals surface area contributed by atoms with Gasteiger partial charge in [-0.2, -0.15) is 0 Å². The van der Waals surface area contributed by atoms with E-state index in [9.17, 15) is 14.7 Å². The van der Waals surface area contributed by atoms with Crippen LogP contribution >= 0.6 is 0 Å². The summed E-state index contributed by atoms with van der Waals surface area (Å²) in [4.78, 5) is 23.5. The number of carbonyl (C=O) groups is 2. The fraction of sp³-hybridized carbons (Fsp3) is 0.636. The van der Waals surface area contributed by atoms with Crippen LogP contribution < -0.4 is 0 Å². The van der Waals surface area contributed by atoms with Gasteiger partial charge in [-0.05, 0) is 45.1 Å². The minimum atomic E-state index is -0.781. The van der Waals surface area contributed by atoms with Crippen molar-refractivity contribution in [2.45, 2.75) is 73.0 Å².